The summed E-state index contributed by atoms with van der Waals surface area (Å²) in [5, 5.41) is 3.83. The fourth-order valence-corrected chi connectivity index (χ4v) is 2.28. The maximum Gasteiger partial charge on any atom is 0.306 e. The third-order valence-electron chi connectivity index (χ3n) is 3.61. The Hall–Kier alpha value is -2.50. The number of hydrogen-bond donors (Lipinski definition) is 0. The fraction of sp³-hybridized carbons (Fsp3) is 0.375. The van der Waals surface area contributed by atoms with Gasteiger partial charge in [-0.25, -0.2) is 0 Å². The van der Waals surface area contributed by atoms with Crippen LogP contribution in [-0.4, -0.2) is 17.9 Å². The summed E-state index contributed by atoms with van der Waals surface area (Å²) in [4.78, 5) is 11.8. The van der Waals surface area contributed by atoms with E-state index >= 15 is 0 Å². The molecule has 0 N–H and O–H groups in total. The Morgan fingerprint density at radius 3 is 2.86 bits per heavy atom. The Labute approximate surface area is 128 Å². The number of esters is 1. The lowest BCUT2D eigenvalue weighted by molar-refractivity contribution is -0.144. The van der Waals surface area contributed by atoms with E-state index in [0.717, 1.165) is 28.3 Å². The Morgan fingerprint density at radius 2 is 2.09 bits per heavy atom. The number of aromatic nitrogens is 1. The van der Waals surface area contributed by atoms with Crippen LogP contribution in [0.1, 0.15) is 29.0 Å². The third-order valence-corrected chi connectivity index (χ3v) is 3.61. The average molecular weight is 303 g/mol. The van der Waals surface area contributed by atoms with Crippen molar-refractivity contribution in [2.45, 2.75) is 33.3 Å². The van der Waals surface area contributed by atoms with E-state index in [9.17, 15) is 4.79 Å². The lowest BCUT2D eigenvalue weighted by Gasteiger charge is -2.05. The van der Waals surface area contributed by atoms with Crippen molar-refractivity contribution in [1.82, 2.24) is 5.16 Å². The lowest BCUT2D eigenvalue weighted by atomic mass is 10.1. The van der Waals surface area contributed by atoms with Crippen LogP contribution < -0.4 is 9.47 Å². The van der Waals surface area contributed by atoms with Crippen LogP contribution in [0.4, 0.5) is 0 Å². The highest BCUT2D eigenvalue weighted by atomic mass is 16.7. The van der Waals surface area contributed by atoms with Crippen LogP contribution in [0.2, 0.25) is 0 Å². The molecule has 0 atom stereocenters. The summed E-state index contributed by atoms with van der Waals surface area (Å²) in [7, 11) is 0. The molecule has 3 rings (SSSR count). The van der Waals surface area contributed by atoms with Gasteiger partial charge >= 0.3 is 5.97 Å². The number of ether oxygens (including phenoxy) is 3. The molecular formula is C16H17NO5. The Kier molecular flexibility index (Phi) is 4.00. The van der Waals surface area contributed by atoms with Crippen LogP contribution in [0.3, 0.4) is 0 Å². The fourth-order valence-electron chi connectivity index (χ4n) is 2.28. The molecular weight excluding hydrogens is 286 g/mol. The van der Waals surface area contributed by atoms with Crippen LogP contribution in [0.15, 0.2) is 22.7 Å². The van der Waals surface area contributed by atoms with Gasteiger partial charge in [0.1, 0.15) is 12.4 Å². The van der Waals surface area contributed by atoms with E-state index < -0.39 is 0 Å². The van der Waals surface area contributed by atoms with Crippen molar-refractivity contribution in [2.75, 3.05) is 6.79 Å². The van der Waals surface area contributed by atoms with Gasteiger partial charge in [-0.2, -0.15) is 0 Å². The molecule has 0 saturated heterocycles. The summed E-state index contributed by atoms with van der Waals surface area (Å²) >= 11 is 0. The number of carbonyl (C=O) groups is 1. The molecule has 0 radical (unpaired) electrons. The molecule has 116 valence electrons. The molecule has 0 fully saturated rings. The van der Waals surface area contributed by atoms with Crippen LogP contribution >= 0.6 is 0 Å². The van der Waals surface area contributed by atoms with Crippen molar-refractivity contribution in [3.05, 3.63) is 40.8 Å². The minimum Gasteiger partial charge on any atom is -0.461 e. The summed E-state index contributed by atoms with van der Waals surface area (Å²) in [6, 6.07) is 5.67. The maximum atomic E-state index is 11.8. The lowest BCUT2D eigenvalue weighted by Crippen LogP contribution is -2.06. The van der Waals surface area contributed by atoms with Crippen molar-refractivity contribution < 1.29 is 23.5 Å². The van der Waals surface area contributed by atoms with Gasteiger partial charge in [-0.05, 0) is 38.0 Å². The first-order chi connectivity index (χ1) is 10.6. The normalized spacial score (nSPS) is 12.5. The van der Waals surface area contributed by atoms with Crippen molar-refractivity contribution >= 4 is 5.97 Å². The van der Waals surface area contributed by atoms with Gasteiger partial charge in [0.2, 0.25) is 6.79 Å². The SMILES string of the molecule is Cc1noc(C)c1COC(=O)CCc1ccc2c(c1)OCO2. The summed E-state index contributed by atoms with van der Waals surface area (Å²) in [5.41, 5.74) is 2.59. The Morgan fingerprint density at radius 1 is 1.27 bits per heavy atom. The molecule has 6 nitrogen and oxygen atoms in total. The van der Waals surface area contributed by atoms with Crippen molar-refractivity contribution in [3.8, 4) is 11.5 Å². The average Bonchev–Trinajstić information content (AvgIpc) is 3.10. The molecule has 1 aromatic heterocycles. The Bertz CT molecular complexity index is 672. The number of fused-ring (bicyclic) bond motifs is 1. The van der Waals surface area contributed by atoms with Gasteiger partial charge in [0.05, 0.1) is 11.3 Å². The van der Waals surface area contributed by atoms with Gasteiger partial charge in [0, 0.05) is 6.42 Å². The summed E-state index contributed by atoms with van der Waals surface area (Å²) < 4.78 is 20.9. The molecule has 1 aromatic carbocycles. The first kappa shape index (κ1) is 14.4. The van der Waals surface area contributed by atoms with Gasteiger partial charge in [-0.15, -0.1) is 0 Å². The minimum absolute atomic E-state index is 0.196. The Balaban J connectivity index is 1.50. The van der Waals surface area contributed by atoms with Crippen molar-refractivity contribution in [3.63, 3.8) is 0 Å². The summed E-state index contributed by atoms with van der Waals surface area (Å²) in [6.07, 6.45) is 0.903. The van der Waals surface area contributed by atoms with E-state index in [-0.39, 0.29) is 19.4 Å². The van der Waals surface area contributed by atoms with Crippen LogP contribution in [0, 0.1) is 13.8 Å². The molecule has 0 aliphatic carbocycles. The van der Waals surface area contributed by atoms with E-state index in [1.807, 2.05) is 25.1 Å². The third kappa shape index (κ3) is 3.05. The first-order valence-corrected chi connectivity index (χ1v) is 7.09. The molecule has 1 aliphatic rings. The molecule has 0 unspecified atom stereocenters. The molecule has 0 spiro atoms. The number of nitrogens with zero attached hydrogens (tertiary/aromatic N) is 1. The second-order valence-electron chi connectivity index (χ2n) is 5.15. The highest BCUT2D eigenvalue weighted by Gasteiger charge is 2.15. The molecule has 6 heteroatoms. The molecule has 0 bridgehead atoms. The molecule has 2 heterocycles. The molecule has 1 aliphatic heterocycles. The van der Waals surface area contributed by atoms with Crippen LogP contribution in [0.5, 0.6) is 11.5 Å². The zero-order chi connectivity index (χ0) is 15.5. The zero-order valence-electron chi connectivity index (χ0n) is 12.5. The van der Waals surface area contributed by atoms with Gasteiger partial charge in [-0.1, -0.05) is 11.2 Å². The topological polar surface area (TPSA) is 70.8 Å². The summed E-state index contributed by atoms with van der Waals surface area (Å²) in [6.45, 7) is 4.07. The maximum absolute atomic E-state index is 11.8. The van der Waals surface area contributed by atoms with E-state index in [1.54, 1.807) is 6.92 Å². The molecule has 0 amide bonds. The van der Waals surface area contributed by atoms with Gasteiger partial charge in [0.15, 0.2) is 11.5 Å². The first-order valence-electron chi connectivity index (χ1n) is 7.09. The quantitative estimate of drug-likeness (QED) is 0.791. The standard InChI is InChI=1S/C16H17NO5/c1-10-13(11(2)22-17-10)8-19-16(18)6-4-12-3-5-14-15(7-12)21-9-20-14/h3,5,7H,4,6,8-9H2,1-2H3. The van der Waals surface area contributed by atoms with Gasteiger partial charge < -0.3 is 18.7 Å². The molecule has 2 aromatic rings. The summed E-state index contributed by atoms with van der Waals surface area (Å²) in [5.74, 6) is 1.89. The smallest absolute Gasteiger partial charge is 0.306 e. The van der Waals surface area contributed by atoms with Gasteiger partial charge in [-0.3, -0.25) is 4.79 Å². The van der Waals surface area contributed by atoms with Crippen molar-refractivity contribution in [2.24, 2.45) is 0 Å². The number of hydrogen-bond acceptors (Lipinski definition) is 6. The monoisotopic (exact) mass is 303 g/mol. The van der Waals surface area contributed by atoms with E-state index in [2.05, 4.69) is 5.16 Å². The van der Waals surface area contributed by atoms with Crippen LogP contribution in [0.25, 0.3) is 0 Å². The number of benzene rings is 1. The molecule has 0 saturated carbocycles. The van der Waals surface area contributed by atoms with Gasteiger partial charge in [0.25, 0.3) is 0 Å². The number of aryl methyl sites for hydroxylation is 3. The van der Waals surface area contributed by atoms with Crippen molar-refractivity contribution in [1.29, 1.82) is 0 Å². The predicted molar refractivity (Wildman–Crippen MR) is 76.7 cm³/mol. The zero-order valence-corrected chi connectivity index (χ0v) is 12.5. The molecule has 22 heavy (non-hydrogen) atoms. The largest absolute Gasteiger partial charge is 0.461 e. The second-order valence-corrected chi connectivity index (χ2v) is 5.15. The van der Waals surface area contributed by atoms with E-state index in [0.29, 0.717) is 18.6 Å². The predicted octanol–water partition coefficient (Wildman–Crippen LogP) is 2.70. The highest BCUT2D eigenvalue weighted by Crippen LogP contribution is 2.32. The number of rotatable bonds is 5. The number of carbonyl (C=O) groups excluding carboxylic acids is 1. The second kappa shape index (κ2) is 6.09. The van der Waals surface area contributed by atoms with E-state index in [4.69, 9.17) is 18.7 Å². The van der Waals surface area contributed by atoms with E-state index in [1.165, 1.54) is 0 Å². The minimum atomic E-state index is -0.252. The highest BCUT2D eigenvalue weighted by molar-refractivity contribution is 5.69. The van der Waals surface area contributed by atoms with Crippen LogP contribution in [-0.2, 0) is 22.6 Å².